The summed E-state index contributed by atoms with van der Waals surface area (Å²) in [6.45, 7) is 7.74. The van der Waals surface area contributed by atoms with Gasteiger partial charge in [-0.25, -0.2) is 0 Å². The average Bonchev–Trinajstić information content (AvgIpc) is 2.27. The van der Waals surface area contributed by atoms with E-state index in [0.29, 0.717) is 13.1 Å². The first kappa shape index (κ1) is 13.4. The second kappa shape index (κ2) is 6.18. The Kier molecular flexibility index (Phi) is 5.18. The summed E-state index contributed by atoms with van der Waals surface area (Å²) in [7, 11) is 0. The molecule has 3 atom stereocenters. The molecule has 0 saturated carbocycles. The van der Waals surface area contributed by atoms with Gasteiger partial charge in [-0.2, -0.15) is 0 Å². The van der Waals surface area contributed by atoms with Crippen LogP contribution in [0.4, 0.5) is 0 Å². The fraction of sp³-hybridized carbons (Fsp3) is 0.909. The van der Waals surface area contributed by atoms with Gasteiger partial charge in [0.15, 0.2) is 0 Å². The van der Waals surface area contributed by atoms with Gasteiger partial charge < -0.3 is 15.2 Å². The molecule has 1 aliphatic rings. The Morgan fingerprint density at radius 3 is 2.88 bits per heavy atom. The molecule has 3 unspecified atom stereocenters. The SMILES string of the molecule is CCNC(=O)C(C)N1CC(C)OC(CO)C1. The third-order valence-electron chi connectivity index (χ3n) is 2.84. The van der Waals surface area contributed by atoms with Crippen molar-refractivity contribution in [3.8, 4) is 0 Å². The molecule has 0 aliphatic carbocycles. The third kappa shape index (κ3) is 3.43. The number of aliphatic hydroxyl groups is 1. The lowest BCUT2D eigenvalue weighted by atomic mass is 10.1. The predicted octanol–water partition coefficient (Wildman–Crippen LogP) is -0.407. The number of aliphatic hydroxyl groups excluding tert-OH is 1. The largest absolute Gasteiger partial charge is 0.394 e. The molecule has 0 aromatic heterocycles. The molecule has 1 saturated heterocycles. The van der Waals surface area contributed by atoms with E-state index in [2.05, 4.69) is 10.2 Å². The van der Waals surface area contributed by atoms with Crippen LogP contribution in [0.15, 0.2) is 0 Å². The Morgan fingerprint density at radius 2 is 2.31 bits per heavy atom. The second-order valence-electron chi connectivity index (χ2n) is 4.28. The zero-order valence-electron chi connectivity index (χ0n) is 10.3. The number of carbonyl (C=O) groups excluding carboxylic acids is 1. The Labute approximate surface area is 96.8 Å². The summed E-state index contributed by atoms with van der Waals surface area (Å²) in [5.41, 5.74) is 0. The van der Waals surface area contributed by atoms with Crippen LogP contribution in [0.25, 0.3) is 0 Å². The molecule has 1 amide bonds. The van der Waals surface area contributed by atoms with Crippen LogP contribution in [0.5, 0.6) is 0 Å². The quantitative estimate of drug-likeness (QED) is 0.689. The van der Waals surface area contributed by atoms with Gasteiger partial charge in [-0.15, -0.1) is 0 Å². The lowest BCUT2D eigenvalue weighted by Crippen LogP contribution is -2.55. The number of rotatable bonds is 4. The lowest BCUT2D eigenvalue weighted by Gasteiger charge is -2.38. The van der Waals surface area contributed by atoms with E-state index < -0.39 is 0 Å². The van der Waals surface area contributed by atoms with Gasteiger partial charge in [0.25, 0.3) is 0 Å². The number of hydrogen-bond acceptors (Lipinski definition) is 4. The molecule has 1 rings (SSSR count). The van der Waals surface area contributed by atoms with Crippen LogP contribution in [0.2, 0.25) is 0 Å². The number of nitrogens with one attached hydrogen (secondary N) is 1. The summed E-state index contributed by atoms with van der Waals surface area (Å²) >= 11 is 0. The van der Waals surface area contributed by atoms with Gasteiger partial charge in [0.1, 0.15) is 0 Å². The molecule has 1 aliphatic heterocycles. The van der Waals surface area contributed by atoms with Crippen LogP contribution in [0, 0.1) is 0 Å². The Morgan fingerprint density at radius 1 is 1.62 bits per heavy atom. The van der Waals surface area contributed by atoms with Crippen molar-refractivity contribution in [2.24, 2.45) is 0 Å². The molecule has 0 aromatic carbocycles. The minimum atomic E-state index is -0.180. The highest BCUT2D eigenvalue weighted by Gasteiger charge is 2.30. The fourth-order valence-electron chi connectivity index (χ4n) is 1.99. The number of nitrogens with zero attached hydrogens (tertiary/aromatic N) is 1. The van der Waals surface area contributed by atoms with E-state index in [1.807, 2.05) is 20.8 Å². The Hall–Kier alpha value is -0.650. The van der Waals surface area contributed by atoms with Gasteiger partial charge in [0.05, 0.1) is 24.9 Å². The molecule has 0 aromatic rings. The molecular formula is C11H22N2O3. The molecule has 5 heteroatoms. The fourth-order valence-corrected chi connectivity index (χ4v) is 1.99. The van der Waals surface area contributed by atoms with Gasteiger partial charge in [0, 0.05) is 19.6 Å². The highest BCUT2D eigenvalue weighted by molar-refractivity contribution is 5.81. The normalized spacial score (nSPS) is 28.8. The molecule has 0 radical (unpaired) electrons. The van der Waals surface area contributed by atoms with E-state index in [0.717, 1.165) is 6.54 Å². The molecule has 0 bridgehead atoms. The number of morpholine rings is 1. The summed E-state index contributed by atoms with van der Waals surface area (Å²) in [5.74, 6) is 0.0355. The van der Waals surface area contributed by atoms with Crippen molar-refractivity contribution in [2.45, 2.75) is 39.0 Å². The van der Waals surface area contributed by atoms with Crippen molar-refractivity contribution < 1.29 is 14.6 Å². The van der Waals surface area contributed by atoms with E-state index in [1.54, 1.807) is 0 Å². The number of ether oxygens (including phenoxy) is 1. The first-order valence-electron chi connectivity index (χ1n) is 5.86. The third-order valence-corrected chi connectivity index (χ3v) is 2.84. The van der Waals surface area contributed by atoms with Crippen LogP contribution >= 0.6 is 0 Å². The van der Waals surface area contributed by atoms with Crippen molar-refractivity contribution in [3.05, 3.63) is 0 Å². The van der Waals surface area contributed by atoms with Gasteiger partial charge in [-0.3, -0.25) is 9.69 Å². The standard InChI is InChI=1S/C11H22N2O3/c1-4-12-11(15)9(3)13-5-8(2)16-10(6-13)7-14/h8-10,14H,4-7H2,1-3H3,(H,12,15). The topological polar surface area (TPSA) is 61.8 Å². The highest BCUT2D eigenvalue weighted by Crippen LogP contribution is 2.13. The summed E-state index contributed by atoms with van der Waals surface area (Å²) in [6, 6.07) is -0.166. The van der Waals surface area contributed by atoms with Crippen molar-refractivity contribution in [1.29, 1.82) is 0 Å². The van der Waals surface area contributed by atoms with Gasteiger partial charge in [-0.05, 0) is 20.8 Å². The Balaban J connectivity index is 2.54. The molecule has 5 nitrogen and oxygen atoms in total. The zero-order valence-corrected chi connectivity index (χ0v) is 10.3. The summed E-state index contributed by atoms with van der Waals surface area (Å²) in [6.07, 6.45) is -0.122. The number of amides is 1. The lowest BCUT2D eigenvalue weighted by molar-refractivity contribution is -0.135. The van der Waals surface area contributed by atoms with Crippen molar-refractivity contribution in [2.75, 3.05) is 26.2 Å². The van der Waals surface area contributed by atoms with Crippen LogP contribution < -0.4 is 5.32 Å². The van der Waals surface area contributed by atoms with Crippen molar-refractivity contribution in [1.82, 2.24) is 10.2 Å². The summed E-state index contributed by atoms with van der Waals surface area (Å²) in [5, 5.41) is 11.9. The average molecular weight is 230 g/mol. The first-order valence-corrected chi connectivity index (χ1v) is 5.86. The summed E-state index contributed by atoms with van der Waals surface area (Å²) < 4.78 is 5.53. The summed E-state index contributed by atoms with van der Waals surface area (Å²) in [4.78, 5) is 13.7. The van der Waals surface area contributed by atoms with Crippen molar-refractivity contribution >= 4 is 5.91 Å². The van der Waals surface area contributed by atoms with Gasteiger partial charge in [0.2, 0.25) is 5.91 Å². The van der Waals surface area contributed by atoms with Gasteiger partial charge >= 0.3 is 0 Å². The maximum atomic E-state index is 11.7. The van der Waals surface area contributed by atoms with E-state index in [9.17, 15) is 4.79 Å². The second-order valence-corrected chi connectivity index (χ2v) is 4.28. The van der Waals surface area contributed by atoms with Gasteiger partial charge in [-0.1, -0.05) is 0 Å². The van der Waals surface area contributed by atoms with Crippen LogP contribution in [0.1, 0.15) is 20.8 Å². The molecule has 16 heavy (non-hydrogen) atoms. The van der Waals surface area contributed by atoms with E-state index in [4.69, 9.17) is 9.84 Å². The molecular weight excluding hydrogens is 208 g/mol. The minimum absolute atomic E-state index is 0.00293. The molecule has 94 valence electrons. The number of likely N-dealkylation sites (N-methyl/N-ethyl adjacent to an activating group) is 1. The van der Waals surface area contributed by atoms with Crippen LogP contribution in [-0.2, 0) is 9.53 Å². The smallest absolute Gasteiger partial charge is 0.237 e. The van der Waals surface area contributed by atoms with Crippen molar-refractivity contribution in [3.63, 3.8) is 0 Å². The zero-order chi connectivity index (χ0) is 12.1. The maximum Gasteiger partial charge on any atom is 0.237 e. The van der Waals surface area contributed by atoms with Crippen LogP contribution in [-0.4, -0.2) is 60.4 Å². The Bertz CT molecular complexity index is 235. The molecule has 1 heterocycles. The van der Waals surface area contributed by atoms with E-state index >= 15 is 0 Å². The predicted molar refractivity (Wildman–Crippen MR) is 61.1 cm³/mol. The number of carbonyl (C=O) groups is 1. The molecule has 0 spiro atoms. The van der Waals surface area contributed by atoms with E-state index in [-0.39, 0.29) is 30.8 Å². The highest BCUT2D eigenvalue weighted by atomic mass is 16.5. The molecule has 1 fully saturated rings. The first-order chi connectivity index (χ1) is 7.58. The molecule has 2 N–H and O–H groups in total. The minimum Gasteiger partial charge on any atom is -0.394 e. The monoisotopic (exact) mass is 230 g/mol. The van der Waals surface area contributed by atoms with E-state index in [1.165, 1.54) is 0 Å². The van der Waals surface area contributed by atoms with Crippen LogP contribution in [0.3, 0.4) is 0 Å². The maximum absolute atomic E-state index is 11.7. The number of hydrogen-bond donors (Lipinski definition) is 2.